The van der Waals surface area contributed by atoms with Gasteiger partial charge in [0.15, 0.2) is 0 Å². The van der Waals surface area contributed by atoms with Gasteiger partial charge in [0.1, 0.15) is 11.1 Å². The van der Waals surface area contributed by atoms with Crippen LogP contribution >= 0.6 is 34.0 Å². The van der Waals surface area contributed by atoms with E-state index in [1.54, 1.807) is 22.7 Å². The fourth-order valence-corrected chi connectivity index (χ4v) is 3.80. The number of allylic oxidation sites excluding steroid dienone is 1. The lowest BCUT2D eigenvalue weighted by atomic mass is 10.2. The first-order chi connectivity index (χ1) is 9.36. The monoisotopic (exact) mass is 300 g/mol. The lowest BCUT2D eigenvalue weighted by molar-refractivity contribution is 1.38. The highest BCUT2D eigenvalue weighted by molar-refractivity contribution is 7.14. The number of nitriles is 1. The van der Waals surface area contributed by atoms with Crippen molar-refractivity contribution in [1.29, 1.82) is 5.26 Å². The second kappa shape index (κ2) is 5.49. The Kier molecular flexibility index (Phi) is 3.56. The van der Waals surface area contributed by atoms with Crippen molar-refractivity contribution in [3.8, 4) is 16.6 Å². The molecule has 3 aromatic rings. The summed E-state index contributed by atoms with van der Waals surface area (Å²) in [6.07, 6.45) is 1.89. The van der Waals surface area contributed by atoms with E-state index in [0.717, 1.165) is 20.5 Å². The predicted molar refractivity (Wildman–Crippen MR) is 83.2 cm³/mol. The van der Waals surface area contributed by atoms with Gasteiger partial charge in [-0.25, -0.2) is 4.98 Å². The van der Waals surface area contributed by atoms with E-state index in [-0.39, 0.29) is 0 Å². The second-order valence-corrected chi connectivity index (χ2v) is 6.49. The summed E-state index contributed by atoms with van der Waals surface area (Å²) >= 11 is 4.79. The molecule has 0 aliphatic heterocycles. The van der Waals surface area contributed by atoms with Crippen LogP contribution in [0.15, 0.2) is 40.4 Å². The number of thiazole rings is 1. The Morgan fingerprint density at radius 2 is 2.00 bits per heavy atom. The number of rotatable bonds is 3. The highest BCUT2D eigenvalue weighted by atomic mass is 32.1. The summed E-state index contributed by atoms with van der Waals surface area (Å²) in [7, 11) is 0. The van der Waals surface area contributed by atoms with E-state index in [2.05, 4.69) is 11.1 Å². The van der Waals surface area contributed by atoms with Gasteiger partial charge in [-0.2, -0.15) is 5.26 Å². The molecule has 0 saturated carbocycles. The quantitative estimate of drug-likeness (QED) is 0.638. The van der Waals surface area contributed by atoms with Gasteiger partial charge in [0.25, 0.3) is 0 Å². The molecule has 3 aromatic heterocycles. The summed E-state index contributed by atoms with van der Waals surface area (Å²) in [6, 6.07) is 10.3. The molecule has 0 atom stereocenters. The first-order valence-corrected chi connectivity index (χ1v) is 8.16. The van der Waals surface area contributed by atoms with Crippen LogP contribution in [0.1, 0.15) is 9.88 Å². The van der Waals surface area contributed by atoms with Crippen molar-refractivity contribution in [3.05, 3.63) is 50.3 Å². The maximum absolute atomic E-state index is 9.27. The van der Waals surface area contributed by atoms with E-state index < -0.39 is 0 Å². The maximum atomic E-state index is 9.27. The topological polar surface area (TPSA) is 36.7 Å². The molecule has 0 amide bonds. The summed E-state index contributed by atoms with van der Waals surface area (Å²) in [6.45, 7) is 0. The molecular formula is C14H8N2S3. The van der Waals surface area contributed by atoms with Gasteiger partial charge >= 0.3 is 0 Å². The maximum Gasteiger partial charge on any atom is 0.134 e. The summed E-state index contributed by atoms with van der Waals surface area (Å²) in [5.41, 5.74) is 1.57. The molecule has 2 nitrogen and oxygen atoms in total. The second-order valence-electron chi connectivity index (χ2n) is 3.70. The minimum Gasteiger partial charge on any atom is -0.234 e. The molecule has 0 N–H and O–H groups in total. The van der Waals surface area contributed by atoms with Crippen LogP contribution in [-0.4, -0.2) is 4.98 Å². The number of thiophene rings is 2. The van der Waals surface area contributed by atoms with Gasteiger partial charge in [0, 0.05) is 10.3 Å². The van der Waals surface area contributed by atoms with Gasteiger partial charge in [-0.3, -0.25) is 0 Å². The van der Waals surface area contributed by atoms with Crippen molar-refractivity contribution in [1.82, 2.24) is 4.98 Å². The van der Waals surface area contributed by atoms with Crippen molar-refractivity contribution >= 4 is 45.7 Å². The predicted octanol–water partition coefficient (Wildman–Crippen LogP) is 5.00. The minimum atomic E-state index is 0.621. The molecular weight excluding hydrogens is 292 g/mol. The molecule has 0 fully saturated rings. The molecule has 0 saturated heterocycles. The summed E-state index contributed by atoms with van der Waals surface area (Å²) < 4.78 is 0. The molecule has 0 bridgehead atoms. The fraction of sp³-hybridized carbons (Fsp3) is 0. The van der Waals surface area contributed by atoms with Crippen LogP contribution in [0.5, 0.6) is 0 Å². The van der Waals surface area contributed by atoms with E-state index >= 15 is 0 Å². The number of nitrogens with zero attached hydrogens (tertiary/aromatic N) is 2. The first kappa shape index (κ1) is 12.3. The molecule has 92 valence electrons. The van der Waals surface area contributed by atoms with Gasteiger partial charge in [0.2, 0.25) is 0 Å². The third-order valence-electron chi connectivity index (χ3n) is 2.46. The van der Waals surface area contributed by atoms with Crippen LogP contribution < -0.4 is 0 Å². The van der Waals surface area contributed by atoms with E-state index in [1.807, 2.05) is 46.5 Å². The normalized spacial score (nSPS) is 11.4. The largest absolute Gasteiger partial charge is 0.234 e. The standard InChI is InChI=1S/C14H8N2S3/c15-8-10(7-11-3-1-5-17-11)14-16-12(9-19-14)13-4-2-6-18-13/h1-7,9H. The van der Waals surface area contributed by atoms with Gasteiger partial charge < -0.3 is 0 Å². The Balaban J connectivity index is 1.96. The van der Waals surface area contributed by atoms with E-state index in [4.69, 9.17) is 0 Å². The zero-order chi connectivity index (χ0) is 13.1. The molecule has 0 aliphatic carbocycles. The number of hydrogen-bond donors (Lipinski definition) is 0. The van der Waals surface area contributed by atoms with Gasteiger partial charge in [-0.15, -0.1) is 34.0 Å². The van der Waals surface area contributed by atoms with Crippen LogP contribution in [0, 0.1) is 11.3 Å². The van der Waals surface area contributed by atoms with E-state index in [1.165, 1.54) is 11.3 Å². The molecule has 3 heterocycles. The third-order valence-corrected chi connectivity index (χ3v) is 5.05. The summed E-state index contributed by atoms with van der Waals surface area (Å²) in [5, 5.41) is 16.1. The lowest BCUT2D eigenvalue weighted by Crippen LogP contribution is -1.80. The lowest BCUT2D eigenvalue weighted by Gasteiger charge is -1.91. The van der Waals surface area contributed by atoms with Crippen molar-refractivity contribution in [2.45, 2.75) is 0 Å². The van der Waals surface area contributed by atoms with E-state index in [0.29, 0.717) is 5.57 Å². The zero-order valence-corrected chi connectivity index (χ0v) is 12.2. The van der Waals surface area contributed by atoms with Gasteiger partial charge in [-0.1, -0.05) is 12.1 Å². The average molecular weight is 300 g/mol. The average Bonchev–Trinajstić information content (AvgIpc) is 3.15. The highest BCUT2D eigenvalue weighted by Gasteiger charge is 2.09. The van der Waals surface area contributed by atoms with Crippen molar-refractivity contribution in [3.63, 3.8) is 0 Å². The van der Waals surface area contributed by atoms with Crippen molar-refractivity contribution in [2.24, 2.45) is 0 Å². The Morgan fingerprint density at radius 3 is 2.68 bits per heavy atom. The Bertz CT molecular complexity index is 728. The molecule has 0 aliphatic rings. The zero-order valence-electron chi connectivity index (χ0n) is 9.74. The number of hydrogen-bond acceptors (Lipinski definition) is 5. The Hall–Kier alpha value is -1.74. The SMILES string of the molecule is N#CC(=Cc1cccs1)c1nc(-c2cccs2)cs1. The van der Waals surface area contributed by atoms with Gasteiger partial charge in [0.05, 0.1) is 16.1 Å². The summed E-state index contributed by atoms with van der Waals surface area (Å²) in [4.78, 5) is 6.76. The first-order valence-electron chi connectivity index (χ1n) is 5.52. The molecule has 5 heteroatoms. The molecule has 19 heavy (non-hydrogen) atoms. The van der Waals surface area contributed by atoms with Crippen molar-refractivity contribution in [2.75, 3.05) is 0 Å². The Labute approximate surface area is 122 Å². The van der Waals surface area contributed by atoms with Crippen LogP contribution in [0.2, 0.25) is 0 Å². The Morgan fingerprint density at radius 1 is 1.16 bits per heavy atom. The molecule has 0 aromatic carbocycles. The minimum absolute atomic E-state index is 0.621. The molecule has 0 spiro atoms. The van der Waals surface area contributed by atoms with Crippen LogP contribution in [-0.2, 0) is 0 Å². The smallest absolute Gasteiger partial charge is 0.134 e. The number of aromatic nitrogens is 1. The molecule has 3 rings (SSSR count). The van der Waals surface area contributed by atoms with Crippen LogP contribution in [0.3, 0.4) is 0 Å². The van der Waals surface area contributed by atoms with Crippen molar-refractivity contribution < 1.29 is 0 Å². The van der Waals surface area contributed by atoms with Crippen LogP contribution in [0.4, 0.5) is 0 Å². The molecule has 0 radical (unpaired) electrons. The molecule has 0 unspecified atom stereocenters. The van der Waals surface area contributed by atoms with Gasteiger partial charge in [-0.05, 0) is 29.0 Å². The summed E-state index contributed by atoms with van der Waals surface area (Å²) in [5.74, 6) is 0. The van der Waals surface area contributed by atoms with Crippen LogP contribution in [0.25, 0.3) is 22.2 Å². The third kappa shape index (κ3) is 2.66. The highest BCUT2D eigenvalue weighted by Crippen LogP contribution is 2.30. The fourth-order valence-electron chi connectivity index (χ4n) is 1.59. The van der Waals surface area contributed by atoms with E-state index in [9.17, 15) is 5.26 Å².